The predicted octanol–water partition coefficient (Wildman–Crippen LogP) is 1.99. The van der Waals surface area contributed by atoms with Crippen molar-refractivity contribution in [3.8, 4) is 11.5 Å². The van der Waals surface area contributed by atoms with Gasteiger partial charge in [-0.15, -0.1) is 0 Å². The monoisotopic (exact) mass is 390 g/mol. The zero-order chi connectivity index (χ0) is 20.7. The molecule has 2 rings (SSSR count). The standard InChI is InChI=1S/C19H22N2O7/c1-11(20-18(23)15-6-5-9-27-15)19(24)28-12(2)17(22)21-13-7-8-14(25-3)16(10-13)26-4/h5-12H,1-4H3,(H,20,23)(H,21,22)/t11-,12+/m0/s1. The topological polar surface area (TPSA) is 116 Å². The van der Waals surface area contributed by atoms with Gasteiger partial charge >= 0.3 is 5.97 Å². The van der Waals surface area contributed by atoms with Gasteiger partial charge < -0.3 is 29.3 Å². The molecule has 0 bridgehead atoms. The number of methoxy groups -OCH3 is 2. The summed E-state index contributed by atoms with van der Waals surface area (Å²) in [5, 5.41) is 5.06. The highest BCUT2D eigenvalue weighted by Gasteiger charge is 2.24. The Morgan fingerprint density at radius 3 is 2.36 bits per heavy atom. The summed E-state index contributed by atoms with van der Waals surface area (Å²) in [6.07, 6.45) is 0.266. The zero-order valence-electron chi connectivity index (χ0n) is 16.0. The number of nitrogens with one attached hydrogen (secondary N) is 2. The number of hydrogen-bond acceptors (Lipinski definition) is 7. The summed E-state index contributed by atoms with van der Waals surface area (Å²) < 4.78 is 20.4. The Morgan fingerprint density at radius 2 is 1.75 bits per heavy atom. The van der Waals surface area contributed by atoms with Crippen molar-refractivity contribution in [3.05, 3.63) is 42.4 Å². The SMILES string of the molecule is COc1ccc(NC(=O)[C@@H](C)OC(=O)[C@H](C)NC(=O)c2ccco2)cc1OC. The number of hydrogen-bond donors (Lipinski definition) is 2. The van der Waals surface area contributed by atoms with Gasteiger partial charge in [0.1, 0.15) is 6.04 Å². The maximum Gasteiger partial charge on any atom is 0.329 e. The Morgan fingerprint density at radius 1 is 1.04 bits per heavy atom. The van der Waals surface area contributed by atoms with Crippen LogP contribution in [0.4, 0.5) is 5.69 Å². The highest BCUT2D eigenvalue weighted by Crippen LogP contribution is 2.29. The normalized spacial score (nSPS) is 12.4. The minimum Gasteiger partial charge on any atom is -0.493 e. The van der Waals surface area contributed by atoms with E-state index < -0.39 is 29.9 Å². The van der Waals surface area contributed by atoms with E-state index in [0.29, 0.717) is 17.2 Å². The Balaban J connectivity index is 1.90. The second-order valence-corrected chi connectivity index (χ2v) is 5.81. The van der Waals surface area contributed by atoms with Crippen molar-refractivity contribution in [3.63, 3.8) is 0 Å². The molecule has 2 atom stereocenters. The molecule has 9 heteroatoms. The quantitative estimate of drug-likeness (QED) is 0.662. The lowest BCUT2D eigenvalue weighted by Gasteiger charge is -2.17. The van der Waals surface area contributed by atoms with Crippen molar-refractivity contribution in [2.75, 3.05) is 19.5 Å². The number of benzene rings is 1. The summed E-state index contributed by atoms with van der Waals surface area (Å²) in [4.78, 5) is 36.3. The fraction of sp³-hybridized carbons (Fsp3) is 0.316. The summed E-state index contributed by atoms with van der Waals surface area (Å²) in [6, 6.07) is 6.90. The van der Waals surface area contributed by atoms with Gasteiger partial charge in [0.2, 0.25) is 0 Å². The van der Waals surface area contributed by atoms with E-state index in [1.54, 1.807) is 24.3 Å². The molecule has 150 valence electrons. The van der Waals surface area contributed by atoms with Crippen molar-refractivity contribution in [2.24, 2.45) is 0 Å². The highest BCUT2D eigenvalue weighted by molar-refractivity contribution is 5.97. The minimum absolute atomic E-state index is 0.0684. The first-order valence-electron chi connectivity index (χ1n) is 8.43. The number of furan rings is 1. The van der Waals surface area contributed by atoms with E-state index >= 15 is 0 Å². The van der Waals surface area contributed by atoms with Gasteiger partial charge in [-0.3, -0.25) is 9.59 Å². The number of esters is 1. The Labute approximate surface area is 161 Å². The van der Waals surface area contributed by atoms with Crippen molar-refractivity contribution in [2.45, 2.75) is 26.0 Å². The second-order valence-electron chi connectivity index (χ2n) is 5.81. The molecule has 0 radical (unpaired) electrons. The molecule has 2 aromatic rings. The molecule has 0 aliphatic rings. The summed E-state index contributed by atoms with van der Waals surface area (Å²) in [6.45, 7) is 2.87. The average molecular weight is 390 g/mol. The third-order valence-corrected chi connectivity index (χ3v) is 3.76. The number of anilines is 1. The molecule has 9 nitrogen and oxygen atoms in total. The first-order valence-corrected chi connectivity index (χ1v) is 8.43. The second kappa shape index (κ2) is 9.45. The van der Waals surface area contributed by atoms with Crippen LogP contribution < -0.4 is 20.1 Å². The number of carbonyl (C=O) groups is 3. The molecule has 0 aliphatic heterocycles. The van der Waals surface area contributed by atoms with Crippen molar-refractivity contribution >= 4 is 23.5 Å². The smallest absolute Gasteiger partial charge is 0.329 e. The Bertz CT molecular complexity index is 833. The summed E-state index contributed by atoms with van der Waals surface area (Å²) in [7, 11) is 2.98. The lowest BCUT2D eigenvalue weighted by Crippen LogP contribution is -2.42. The van der Waals surface area contributed by atoms with E-state index in [-0.39, 0.29) is 5.76 Å². The van der Waals surface area contributed by atoms with Gasteiger partial charge in [-0.2, -0.15) is 0 Å². The van der Waals surface area contributed by atoms with Crippen LogP contribution in [0.3, 0.4) is 0 Å². The van der Waals surface area contributed by atoms with Gasteiger partial charge in [0.25, 0.3) is 11.8 Å². The van der Waals surface area contributed by atoms with Crippen LogP contribution in [0.2, 0.25) is 0 Å². The first kappa shape index (κ1) is 20.8. The summed E-state index contributed by atoms with van der Waals surface area (Å²) in [5.74, 6) is -0.823. The van der Waals surface area contributed by atoms with Crippen LogP contribution in [0.25, 0.3) is 0 Å². The molecule has 1 aromatic carbocycles. The molecule has 1 aromatic heterocycles. The summed E-state index contributed by atoms with van der Waals surface area (Å²) in [5.41, 5.74) is 0.449. The molecule has 0 spiro atoms. The van der Waals surface area contributed by atoms with Crippen molar-refractivity contribution < 1.29 is 33.0 Å². The minimum atomic E-state index is -1.08. The van der Waals surface area contributed by atoms with Crippen LogP contribution in [0, 0.1) is 0 Å². The number of carbonyl (C=O) groups excluding carboxylic acids is 3. The van der Waals surface area contributed by atoms with E-state index in [4.69, 9.17) is 18.6 Å². The zero-order valence-corrected chi connectivity index (χ0v) is 16.0. The Kier molecular flexibility index (Phi) is 7.02. The molecule has 0 unspecified atom stereocenters. The van der Waals surface area contributed by atoms with Crippen LogP contribution in [0.1, 0.15) is 24.4 Å². The fourth-order valence-electron chi connectivity index (χ4n) is 2.22. The molecule has 28 heavy (non-hydrogen) atoms. The van der Waals surface area contributed by atoms with Gasteiger partial charge in [-0.05, 0) is 38.1 Å². The van der Waals surface area contributed by atoms with E-state index in [1.165, 1.54) is 40.4 Å². The molecule has 0 saturated carbocycles. The van der Waals surface area contributed by atoms with Crippen molar-refractivity contribution in [1.82, 2.24) is 5.32 Å². The van der Waals surface area contributed by atoms with Crippen LogP contribution in [-0.2, 0) is 14.3 Å². The van der Waals surface area contributed by atoms with Crippen molar-refractivity contribution in [1.29, 1.82) is 0 Å². The third-order valence-electron chi connectivity index (χ3n) is 3.76. The number of amides is 2. The lowest BCUT2D eigenvalue weighted by molar-refractivity contribution is -0.154. The molecule has 1 heterocycles. The largest absolute Gasteiger partial charge is 0.493 e. The van der Waals surface area contributed by atoms with Gasteiger partial charge in [-0.25, -0.2) is 4.79 Å². The molecular formula is C19H22N2O7. The van der Waals surface area contributed by atoms with E-state index in [0.717, 1.165) is 0 Å². The number of ether oxygens (including phenoxy) is 3. The van der Waals surface area contributed by atoms with Gasteiger partial charge in [0.05, 0.1) is 20.5 Å². The average Bonchev–Trinajstić information content (AvgIpc) is 3.22. The van der Waals surface area contributed by atoms with E-state index in [1.807, 2.05) is 0 Å². The van der Waals surface area contributed by atoms with Crippen LogP contribution in [0.5, 0.6) is 11.5 Å². The fourth-order valence-corrected chi connectivity index (χ4v) is 2.22. The predicted molar refractivity (Wildman–Crippen MR) is 99.4 cm³/mol. The van der Waals surface area contributed by atoms with E-state index in [9.17, 15) is 14.4 Å². The highest BCUT2D eigenvalue weighted by atomic mass is 16.5. The maximum absolute atomic E-state index is 12.3. The molecule has 0 aliphatic carbocycles. The molecule has 2 N–H and O–H groups in total. The third kappa shape index (κ3) is 5.26. The molecule has 0 fully saturated rings. The maximum atomic E-state index is 12.3. The van der Waals surface area contributed by atoms with Gasteiger partial charge in [-0.1, -0.05) is 0 Å². The summed E-state index contributed by atoms with van der Waals surface area (Å²) >= 11 is 0. The van der Waals surface area contributed by atoms with E-state index in [2.05, 4.69) is 10.6 Å². The number of rotatable bonds is 8. The Hall–Kier alpha value is -3.49. The first-order chi connectivity index (χ1) is 13.3. The molecular weight excluding hydrogens is 368 g/mol. The molecule has 2 amide bonds. The van der Waals surface area contributed by atoms with Gasteiger partial charge in [0, 0.05) is 11.8 Å². The lowest BCUT2D eigenvalue weighted by atomic mass is 10.2. The van der Waals surface area contributed by atoms with Crippen LogP contribution in [0.15, 0.2) is 41.0 Å². The van der Waals surface area contributed by atoms with Crippen LogP contribution >= 0.6 is 0 Å². The van der Waals surface area contributed by atoms with Crippen LogP contribution in [-0.4, -0.2) is 44.1 Å². The van der Waals surface area contributed by atoms with Gasteiger partial charge in [0.15, 0.2) is 23.4 Å². The molecule has 0 saturated heterocycles.